The lowest BCUT2D eigenvalue weighted by Gasteiger charge is -2.06. The molecule has 0 aliphatic carbocycles. The highest BCUT2D eigenvalue weighted by atomic mass is 32.2. The number of aliphatic hydroxyl groups excluding tert-OH is 1. The van der Waals surface area contributed by atoms with E-state index < -0.39 is 6.10 Å². The van der Waals surface area contributed by atoms with Crippen LogP contribution in [0.1, 0.15) is 25.0 Å². The van der Waals surface area contributed by atoms with Crippen molar-refractivity contribution in [2.45, 2.75) is 24.3 Å². The largest absolute Gasteiger partial charge is 0.389 e. The number of aliphatic hydroxyl groups is 1. The van der Waals surface area contributed by atoms with Crippen LogP contribution < -0.4 is 0 Å². The number of thioether (sulfide) groups is 1. The summed E-state index contributed by atoms with van der Waals surface area (Å²) in [6.07, 6.45) is 0.153. The van der Waals surface area contributed by atoms with Gasteiger partial charge in [0, 0.05) is 10.6 Å². The minimum Gasteiger partial charge on any atom is -0.389 e. The first kappa shape index (κ1) is 11.5. The molecule has 3 heteroatoms. The first-order valence-electron chi connectivity index (χ1n) is 4.71. The molecule has 0 amide bonds. The van der Waals surface area contributed by atoms with Gasteiger partial charge in [0.15, 0.2) is 0 Å². The molecule has 1 atom stereocenters. The SMILES string of the molecule is CC(O)c1cccc(SCCCF)c1. The van der Waals surface area contributed by atoms with Gasteiger partial charge >= 0.3 is 0 Å². The summed E-state index contributed by atoms with van der Waals surface area (Å²) >= 11 is 1.63. The van der Waals surface area contributed by atoms with Gasteiger partial charge in [0.1, 0.15) is 0 Å². The van der Waals surface area contributed by atoms with Crippen LogP contribution in [0.4, 0.5) is 4.39 Å². The average molecular weight is 214 g/mol. The van der Waals surface area contributed by atoms with Crippen molar-refractivity contribution >= 4 is 11.8 Å². The molecule has 1 aromatic carbocycles. The van der Waals surface area contributed by atoms with Gasteiger partial charge in [0.05, 0.1) is 12.8 Å². The van der Waals surface area contributed by atoms with Gasteiger partial charge in [-0.2, -0.15) is 0 Å². The van der Waals surface area contributed by atoms with Gasteiger partial charge in [-0.1, -0.05) is 12.1 Å². The fourth-order valence-corrected chi connectivity index (χ4v) is 1.99. The summed E-state index contributed by atoms with van der Waals surface area (Å²) in [6.45, 7) is 1.48. The zero-order chi connectivity index (χ0) is 10.4. The molecular weight excluding hydrogens is 199 g/mol. The third-order valence-corrected chi connectivity index (χ3v) is 2.97. The molecule has 0 saturated heterocycles. The van der Waals surface area contributed by atoms with Crippen molar-refractivity contribution < 1.29 is 9.50 Å². The van der Waals surface area contributed by atoms with E-state index in [-0.39, 0.29) is 6.67 Å². The molecule has 1 unspecified atom stereocenters. The van der Waals surface area contributed by atoms with Crippen LogP contribution in [-0.4, -0.2) is 17.5 Å². The first-order valence-corrected chi connectivity index (χ1v) is 5.69. The Labute approximate surface area is 88.3 Å². The molecule has 0 saturated carbocycles. The Bertz CT molecular complexity index is 276. The highest BCUT2D eigenvalue weighted by Gasteiger charge is 2.01. The van der Waals surface area contributed by atoms with E-state index in [0.717, 1.165) is 16.2 Å². The first-order chi connectivity index (χ1) is 6.74. The highest BCUT2D eigenvalue weighted by molar-refractivity contribution is 7.99. The van der Waals surface area contributed by atoms with Crippen LogP contribution in [0.25, 0.3) is 0 Å². The molecule has 1 aromatic rings. The van der Waals surface area contributed by atoms with Gasteiger partial charge in [-0.25, -0.2) is 0 Å². The van der Waals surface area contributed by atoms with E-state index in [1.54, 1.807) is 18.7 Å². The average Bonchev–Trinajstić information content (AvgIpc) is 2.19. The molecular formula is C11H15FOS. The Kier molecular flexibility index (Phi) is 4.98. The predicted octanol–water partition coefficient (Wildman–Crippen LogP) is 3.19. The van der Waals surface area contributed by atoms with Crippen molar-refractivity contribution in [3.63, 3.8) is 0 Å². The molecule has 0 bridgehead atoms. The van der Waals surface area contributed by atoms with Crippen LogP contribution in [-0.2, 0) is 0 Å². The molecule has 1 nitrogen and oxygen atoms in total. The molecule has 0 heterocycles. The Balaban J connectivity index is 2.55. The number of halogens is 1. The summed E-state index contributed by atoms with van der Waals surface area (Å²) < 4.78 is 11.9. The van der Waals surface area contributed by atoms with Crippen molar-refractivity contribution in [1.82, 2.24) is 0 Å². The Morgan fingerprint density at radius 1 is 1.50 bits per heavy atom. The third kappa shape index (κ3) is 3.68. The minimum atomic E-state index is -0.434. The second-order valence-corrected chi connectivity index (χ2v) is 4.31. The van der Waals surface area contributed by atoms with E-state index in [4.69, 9.17) is 0 Å². The van der Waals surface area contributed by atoms with Crippen molar-refractivity contribution in [2.75, 3.05) is 12.4 Å². The van der Waals surface area contributed by atoms with E-state index in [1.807, 2.05) is 24.3 Å². The summed E-state index contributed by atoms with van der Waals surface area (Å²) in [4.78, 5) is 1.09. The van der Waals surface area contributed by atoms with E-state index in [1.165, 1.54) is 0 Å². The van der Waals surface area contributed by atoms with Gasteiger partial charge in [-0.15, -0.1) is 11.8 Å². The van der Waals surface area contributed by atoms with Crippen molar-refractivity contribution in [3.05, 3.63) is 29.8 Å². The lowest BCUT2D eigenvalue weighted by atomic mass is 10.1. The molecule has 0 spiro atoms. The molecule has 0 aromatic heterocycles. The van der Waals surface area contributed by atoms with Gasteiger partial charge in [0.2, 0.25) is 0 Å². The fraction of sp³-hybridized carbons (Fsp3) is 0.455. The predicted molar refractivity (Wildman–Crippen MR) is 58.4 cm³/mol. The lowest BCUT2D eigenvalue weighted by molar-refractivity contribution is 0.199. The van der Waals surface area contributed by atoms with Gasteiger partial charge in [0.25, 0.3) is 0 Å². The Hall–Kier alpha value is -0.540. The zero-order valence-electron chi connectivity index (χ0n) is 8.24. The van der Waals surface area contributed by atoms with Gasteiger partial charge < -0.3 is 5.11 Å². The second-order valence-electron chi connectivity index (χ2n) is 3.14. The smallest absolute Gasteiger partial charge is 0.0902 e. The Morgan fingerprint density at radius 3 is 2.93 bits per heavy atom. The van der Waals surface area contributed by atoms with Crippen molar-refractivity contribution in [3.8, 4) is 0 Å². The van der Waals surface area contributed by atoms with Gasteiger partial charge in [-0.3, -0.25) is 4.39 Å². The second kappa shape index (κ2) is 6.04. The van der Waals surface area contributed by atoms with Crippen LogP contribution in [0, 0.1) is 0 Å². The van der Waals surface area contributed by atoms with E-state index in [0.29, 0.717) is 6.42 Å². The van der Waals surface area contributed by atoms with Gasteiger partial charge in [-0.05, 0) is 31.0 Å². The maximum absolute atomic E-state index is 11.9. The summed E-state index contributed by atoms with van der Waals surface area (Å²) in [6, 6.07) is 7.74. The molecule has 1 rings (SSSR count). The van der Waals surface area contributed by atoms with Crippen molar-refractivity contribution in [2.24, 2.45) is 0 Å². The normalized spacial score (nSPS) is 12.8. The topological polar surface area (TPSA) is 20.2 Å². The molecule has 0 fully saturated rings. The molecule has 78 valence electrons. The number of benzene rings is 1. The van der Waals surface area contributed by atoms with Crippen LogP contribution in [0.15, 0.2) is 29.2 Å². The Morgan fingerprint density at radius 2 is 2.29 bits per heavy atom. The number of alkyl halides is 1. The molecule has 14 heavy (non-hydrogen) atoms. The van der Waals surface area contributed by atoms with E-state index in [9.17, 15) is 9.50 Å². The quantitative estimate of drug-likeness (QED) is 0.600. The molecule has 0 radical (unpaired) electrons. The monoisotopic (exact) mass is 214 g/mol. The zero-order valence-corrected chi connectivity index (χ0v) is 9.06. The van der Waals surface area contributed by atoms with Crippen LogP contribution in [0.3, 0.4) is 0 Å². The molecule has 0 aliphatic heterocycles. The minimum absolute atomic E-state index is 0.261. The van der Waals surface area contributed by atoms with Crippen molar-refractivity contribution in [1.29, 1.82) is 0 Å². The standard InChI is InChI=1S/C11H15FOS/c1-9(13)10-4-2-5-11(8-10)14-7-3-6-12/h2,4-5,8-9,13H,3,6-7H2,1H3. The summed E-state index contributed by atoms with van der Waals surface area (Å²) in [5.74, 6) is 0.791. The highest BCUT2D eigenvalue weighted by Crippen LogP contribution is 2.22. The number of rotatable bonds is 5. The summed E-state index contributed by atoms with van der Waals surface area (Å²) in [5, 5.41) is 9.35. The molecule has 1 N–H and O–H groups in total. The van der Waals surface area contributed by atoms with Crippen LogP contribution >= 0.6 is 11.8 Å². The van der Waals surface area contributed by atoms with Crippen LogP contribution in [0.2, 0.25) is 0 Å². The summed E-state index contributed by atoms with van der Waals surface area (Å²) in [7, 11) is 0. The maximum Gasteiger partial charge on any atom is 0.0902 e. The summed E-state index contributed by atoms with van der Waals surface area (Å²) in [5.41, 5.74) is 0.912. The fourth-order valence-electron chi connectivity index (χ4n) is 1.11. The van der Waals surface area contributed by atoms with Crippen LogP contribution in [0.5, 0.6) is 0 Å². The number of hydrogen-bond donors (Lipinski definition) is 1. The molecule has 0 aliphatic rings. The third-order valence-electron chi connectivity index (χ3n) is 1.89. The van der Waals surface area contributed by atoms with E-state index >= 15 is 0 Å². The number of hydrogen-bond acceptors (Lipinski definition) is 2. The lowest BCUT2D eigenvalue weighted by Crippen LogP contribution is -1.90. The maximum atomic E-state index is 11.9. The van der Waals surface area contributed by atoms with E-state index in [2.05, 4.69) is 0 Å².